The second-order valence-corrected chi connectivity index (χ2v) is 6.69. The van der Waals surface area contributed by atoms with E-state index in [-0.39, 0.29) is 17.9 Å². The van der Waals surface area contributed by atoms with Gasteiger partial charge in [0.05, 0.1) is 6.10 Å². The number of hydrogen-bond acceptors (Lipinski definition) is 2. The average Bonchev–Trinajstić information content (AvgIpc) is 2.56. The van der Waals surface area contributed by atoms with Gasteiger partial charge in [-0.3, -0.25) is 4.79 Å². The molecule has 1 aromatic carbocycles. The van der Waals surface area contributed by atoms with Crippen LogP contribution in [-0.2, 0) is 0 Å². The summed E-state index contributed by atoms with van der Waals surface area (Å²) in [6.45, 7) is 2.10. The zero-order chi connectivity index (χ0) is 16.1. The van der Waals surface area contributed by atoms with Crippen LogP contribution in [-0.4, -0.2) is 36.1 Å². The molecular weight excluding hydrogens is 274 g/mol. The predicted octanol–water partition coefficient (Wildman–Crippen LogP) is 3.82. The Morgan fingerprint density at radius 2 is 1.86 bits per heavy atom. The minimum absolute atomic E-state index is 0.0184. The van der Waals surface area contributed by atoms with Crippen LogP contribution in [0.25, 0.3) is 0 Å². The highest BCUT2D eigenvalue weighted by Gasteiger charge is 2.31. The van der Waals surface area contributed by atoms with Crippen LogP contribution in [0.3, 0.4) is 0 Å². The molecule has 1 amide bonds. The van der Waals surface area contributed by atoms with Gasteiger partial charge < -0.3 is 10.0 Å². The molecule has 0 aromatic heterocycles. The van der Waals surface area contributed by atoms with Crippen LogP contribution in [0.1, 0.15) is 67.3 Å². The normalized spacial score (nSPS) is 18.7. The van der Waals surface area contributed by atoms with Crippen molar-refractivity contribution in [3.63, 3.8) is 0 Å². The number of hydrogen-bond donors (Lipinski definition) is 1. The van der Waals surface area contributed by atoms with Gasteiger partial charge in [-0.15, -0.1) is 0 Å². The van der Waals surface area contributed by atoms with Gasteiger partial charge in [-0.05, 0) is 36.8 Å². The van der Waals surface area contributed by atoms with E-state index in [0.29, 0.717) is 5.92 Å². The molecule has 122 valence electrons. The van der Waals surface area contributed by atoms with Crippen molar-refractivity contribution in [2.24, 2.45) is 5.92 Å². The molecular formula is C19H29NO2. The molecule has 0 heterocycles. The summed E-state index contributed by atoms with van der Waals surface area (Å²) >= 11 is 0. The molecule has 2 atom stereocenters. The van der Waals surface area contributed by atoms with Crippen LogP contribution in [0.2, 0.25) is 0 Å². The first-order valence-electron chi connectivity index (χ1n) is 8.54. The van der Waals surface area contributed by atoms with Gasteiger partial charge in [0.15, 0.2) is 0 Å². The van der Waals surface area contributed by atoms with E-state index in [1.54, 1.807) is 19.0 Å². The van der Waals surface area contributed by atoms with Gasteiger partial charge in [0.2, 0.25) is 0 Å². The third kappa shape index (κ3) is 3.70. The Morgan fingerprint density at radius 1 is 1.23 bits per heavy atom. The lowest BCUT2D eigenvalue weighted by molar-refractivity contribution is 0.0582. The van der Waals surface area contributed by atoms with Crippen LogP contribution >= 0.6 is 0 Å². The van der Waals surface area contributed by atoms with Gasteiger partial charge in [-0.1, -0.05) is 44.4 Å². The van der Waals surface area contributed by atoms with E-state index in [2.05, 4.69) is 6.92 Å². The summed E-state index contributed by atoms with van der Waals surface area (Å²) < 4.78 is 0. The molecule has 0 radical (unpaired) electrons. The summed E-state index contributed by atoms with van der Waals surface area (Å²) in [5.74, 6) is 0.439. The molecule has 0 bridgehead atoms. The number of carbonyl (C=O) groups is 1. The van der Waals surface area contributed by atoms with Crippen molar-refractivity contribution < 1.29 is 9.90 Å². The third-order valence-electron chi connectivity index (χ3n) is 4.98. The summed E-state index contributed by atoms with van der Waals surface area (Å²) in [5.41, 5.74) is 1.73. The average molecular weight is 303 g/mol. The second-order valence-electron chi connectivity index (χ2n) is 6.69. The first-order valence-corrected chi connectivity index (χ1v) is 8.54. The summed E-state index contributed by atoms with van der Waals surface area (Å²) in [5, 5.41) is 10.9. The molecule has 0 saturated heterocycles. The summed E-state index contributed by atoms with van der Waals surface area (Å²) in [7, 11) is 3.55. The smallest absolute Gasteiger partial charge is 0.253 e. The van der Waals surface area contributed by atoms with Crippen molar-refractivity contribution >= 4 is 5.91 Å². The zero-order valence-corrected chi connectivity index (χ0v) is 14.1. The number of aliphatic hydroxyl groups excluding tert-OH is 1. The fourth-order valence-corrected chi connectivity index (χ4v) is 3.71. The van der Waals surface area contributed by atoms with E-state index in [1.807, 2.05) is 24.3 Å². The maximum Gasteiger partial charge on any atom is 0.253 e. The Kier molecular flexibility index (Phi) is 6.01. The minimum Gasteiger partial charge on any atom is -0.392 e. The molecule has 2 rings (SSSR count). The number of nitrogens with zero attached hydrogens (tertiary/aromatic N) is 1. The van der Waals surface area contributed by atoms with Crippen LogP contribution in [0.5, 0.6) is 0 Å². The van der Waals surface area contributed by atoms with Crippen LogP contribution in [0.4, 0.5) is 0 Å². The highest BCUT2D eigenvalue weighted by molar-refractivity contribution is 5.95. The molecule has 0 spiro atoms. The monoisotopic (exact) mass is 303 g/mol. The number of benzene rings is 1. The molecule has 1 aliphatic carbocycles. The quantitative estimate of drug-likeness (QED) is 0.898. The maximum absolute atomic E-state index is 12.4. The van der Waals surface area contributed by atoms with Gasteiger partial charge >= 0.3 is 0 Å². The second kappa shape index (κ2) is 7.77. The molecule has 1 aromatic rings. The topological polar surface area (TPSA) is 40.5 Å². The fourth-order valence-electron chi connectivity index (χ4n) is 3.71. The van der Waals surface area contributed by atoms with Crippen molar-refractivity contribution in [2.75, 3.05) is 14.1 Å². The highest BCUT2D eigenvalue weighted by Crippen LogP contribution is 2.36. The van der Waals surface area contributed by atoms with Crippen LogP contribution in [0.15, 0.2) is 24.3 Å². The van der Waals surface area contributed by atoms with Crippen molar-refractivity contribution in [1.29, 1.82) is 0 Å². The summed E-state index contributed by atoms with van der Waals surface area (Å²) in [4.78, 5) is 14.0. The Morgan fingerprint density at radius 3 is 2.45 bits per heavy atom. The first kappa shape index (κ1) is 17.0. The molecule has 1 saturated carbocycles. The number of rotatable bonds is 5. The number of amides is 1. The molecule has 3 nitrogen and oxygen atoms in total. The van der Waals surface area contributed by atoms with Crippen molar-refractivity contribution in [3.05, 3.63) is 35.4 Å². The Balaban J connectivity index is 2.28. The van der Waals surface area contributed by atoms with Gasteiger partial charge in [-0.25, -0.2) is 0 Å². The summed E-state index contributed by atoms with van der Waals surface area (Å²) in [6, 6.07) is 7.77. The first-order chi connectivity index (χ1) is 10.6. The highest BCUT2D eigenvalue weighted by atomic mass is 16.3. The van der Waals surface area contributed by atoms with Gasteiger partial charge in [0.1, 0.15) is 0 Å². The van der Waals surface area contributed by atoms with Crippen molar-refractivity contribution in [1.82, 2.24) is 4.90 Å². The Hall–Kier alpha value is -1.35. The van der Waals surface area contributed by atoms with Gasteiger partial charge in [0.25, 0.3) is 5.91 Å². The van der Waals surface area contributed by atoms with E-state index in [9.17, 15) is 9.90 Å². The third-order valence-corrected chi connectivity index (χ3v) is 4.98. The maximum atomic E-state index is 12.4. The number of aliphatic hydroxyl groups is 1. The molecule has 2 unspecified atom stereocenters. The van der Waals surface area contributed by atoms with E-state index >= 15 is 0 Å². The molecule has 1 fully saturated rings. The van der Waals surface area contributed by atoms with Gasteiger partial charge in [-0.2, -0.15) is 0 Å². The zero-order valence-electron chi connectivity index (χ0n) is 14.1. The molecule has 1 aliphatic rings. The van der Waals surface area contributed by atoms with E-state index in [1.165, 1.54) is 19.3 Å². The van der Waals surface area contributed by atoms with E-state index in [4.69, 9.17) is 0 Å². The summed E-state index contributed by atoms with van der Waals surface area (Å²) in [6.07, 6.45) is 6.46. The molecule has 22 heavy (non-hydrogen) atoms. The largest absolute Gasteiger partial charge is 0.392 e. The predicted molar refractivity (Wildman–Crippen MR) is 90.1 cm³/mol. The lowest BCUT2D eigenvalue weighted by atomic mass is 9.76. The standard InChI is InChI=1S/C19H29NO2/c1-4-15(18(21)14-10-6-5-7-11-14)16-12-8-9-13-17(16)19(22)20(2)3/h8-9,12-15,18,21H,4-7,10-11H2,1-3H3. The Bertz CT molecular complexity index is 492. The molecule has 3 heteroatoms. The minimum atomic E-state index is -0.346. The van der Waals surface area contributed by atoms with Crippen molar-refractivity contribution in [2.45, 2.75) is 57.5 Å². The van der Waals surface area contributed by atoms with Crippen molar-refractivity contribution in [3.8, 4) is 0 Å². The van der Waals surface area contributed by atoms with E-state index in [0.717, 1.165) is 30.4 Å². The van der Waals surface area contributed by atoms with E-state index < -0.39 is 0 Å². The Labute approximate surface area is 134 Å². The van der Waals surface area contributed by atoms with Crippen LogP contribution in [0, 0.1) is 5.92 Å². The van der Waals surface area contributed by atoms with Crippen LogP contribution < -0.4 is 0 Å². The lowest BCUT2D eigenvalue weighted by Gasteiger charge is -2.33. The van der Waals surface area contributed by atoms with Gasteiger partial charge in [0, 0.05) is 25.6 Å². The molecule has 0 aliphatic heterocycles. The molecule has 1 N–H and O–H groups in total. The SMILES string of the molecule is CCC(c1ccccc1C(=O)N(C)C)C(O)C1CCCCC1. The lowest BCUT2D eigenvalue weighted by Crippen LogP contribution is -2.31. The fraction of sp³-hybridized carbons (Fsp3) is 0.632. The number of carbonyl (C=O) groups excluding carboxylic acids is 1.